The van der Waals surface area contributed by atoms with Gasteiger partial charge in [-0.25, -0.2) is 4.98 Å². The van der Waals surface area contributed by atoms with E-state index in [0.717, 1.165) is 10.9 Å². The van der Waals surface area contributed by atoms with Crippen LogP contribution in [-0.2, 0) is 0 Å². The van der Waals surface area contributed by atoms with Crippen molar-refractivity contribution in [3.63, 3.8) is 0 Å². The number of Topliss-reactive ketones (excluding diaryl/α,β-unsaturated/α-hetero) is 1. The summed E-state index contributed by atoms with van der Waals surface area (Å²) in [5.41, 5.74) is 3.14. The molecule has 0 radical (unpaired) electrons. The van der Waals surface area contributed by atoms with Gasteiger partial charge in [-0.3, -0.25) is 9.59 Å². The smallest absolute Gasteiger partial charge is 0.273 e. The van der Waals surface area contributed by atoms with E-state index in [0.29, 0.717) is 28.3 Å². The lowest BCUT2D eigenvalue weighted by Gasteiger charge is -2.05. The van der Waals surface area contributed by atoms with Crippen LogP contribution in [0.3, 0.4) is 0 Å². The molecule has 5 nitrogen and oxygen atoms in total. The summed E-state index contributed by atoms with van der Waals surface area (Å²) in [4.78, 5) is 31.5. The summed E-state index contributed by atoms with van der Waals surface area (Å²) in [6, 6.07) is 11.4. The number of para-hydroxylation sites is 1. The third-order valence-electron chi connectivity index (χ3n) is 3.86. The van der Waals surface area contributed by atoms with E-state index in [-0.39, 0.29) is 11.7 Å². The molecule has 0 bridgehead atoms. The highest BCUT2D eigenvalue weighted by atomic mass is 16.2. The molecule has 2 N–H and O–H groups in total. The Morgan fingerprint density at radius 1 is 1.09 bits per heavy atom. The van der Waals surface area contributed by atoms with Gasteiger partial charge in [0.2, 0.25) is 0 Å². The molecule has 23 heavy (non-hydrogen) atoms. The molecule has 0 aliphatic carbocycles. The second kappa shape index (κ2) is 5.68. The number of hydrogen-bond donors (Lipinski definition) is 2. The Balaban J connectivity index is 1.92. The molecule has 2 aromatic heterocycles. The van der Waals surface area contributed by atoms with E-state index in [9.17, 15) is 9.59 Å². The van der Waals surface area contributed by atoms with Crippen molar-refractivity contribution in [2.75, 3.05) is 5.32 Å². The highest BCUT2D eigenvalue weighted by molar-refractivity contribution is 6.07. The number of aromatic nitrogens is 2. The van der Waals surface area contributed by atoms with Crippen molar-refractivity contribution in [1.29, 1.82) is 0 Å². The fraction of sp³-hybridized carbons (Fsp3) is 0.167. The van der Waals surface area contributed by atoms with Gasteiger partial charge in [-0.2, -0.15) is 0 Å². The van der Waals surface area contributed by atoms with Gasteiger partial charge < -0.3 is 10.3 Å². The molecule has 0 atom stereocenters. The molecule has 0 saturated heterocycles. The predicted octanol–water partition coefficient (Wildman–Crippen LogP) is 3.63. The molecule has 0 fully saturated rings. The first kappa shape index (κ1) is 15.0. The van der Waals surface area contributed by atoms with E-state index in [4.69, 9.17) is 0 Å². The van der Waals surface area contributed by atoms with Crippen LogP contribution in [-0.4, -0.2) is 21.7 Å². The number of aromatic amines is 1. The van der Waals surface area contributed by atoms with Gasteiger partial charge in [0.15, 0.2) is 5.78 Å². The van der Waals surface area contributed by atoms with E-state index in [1.54, 1.807) is 19.9 Å². The molecular formula is C18H17N3O2. The zero-order chi connectivity index (χ0) is 16.6. The van der Waals surface area contributed by atoms with Crippen molar-refractivity contribution < 1.29 is 9.59 Å². The number of benzene rings is 1. The number of amides is 1. The second-order valence-electron chi connectivity index (χ2n) is 5.52. The number of nitrogens with zero attached hydrogens (tertiary/aromatic N) is 1. The number of carbonyl (C=O) groups is 2. The predicted molar refractivity (Wildman–Crippen MR) is 90.0 cm³/mol. The standard InChI is InChI=1S/C18H17N3O2/c1-10-16(12(3)22)11(2)19-17(10)18(23)21-15-9-8-13-6-4-5-7-14(13)20-15/h4-9,19H,1-3H3,(H,20,21,23). The number of nitrogens with one attached hydrogen (secondary N) is 2. The van der Waals surface area contributed by atoms with Gasteiger partial charge in [0, 0.05) is 16.6 Å². The van der Waals surface area contributed by atoms with Gasteiger partial charge in [-0.1, -0.05) is 18.2 Å². The Labute approximate surface area is 133 Å². The van der Waals surface area contributed by atoms with Crippen molar-refractivity contribution in [1.82, 2.24) is 9.97 Å². The highest BCUT2D eigenvalue weighted by Crippen LogP contribution is 2.20. The van der Waals surface area contributed by atoms with Crippen LogP contribution in [0.1, 0.15) is 39.0 Å². The zero-order valence-electron chi connectivity index (χ0n) is 13.2. The minimum atomic E-state index is -0.305. The molecule has 2 heterocycles. The summed E-state index contributed by atoms with van der Waals surface area (Å²) >= 11 is 0. The fourth-order valence-corrected chi connectivity index (χ4v) is 2.82. The Hall–Kier alpha value is -2.95. The van der Waals surface area contributed by atoms with Gasteiger partial charge in [0.05, 0.1) is 5.52 Å². The molecule has 0 aliphatic heterocycles. The number of aryl methyl sites for hydroxylation is 1. The molecule has 3 rings (SSSR count). The molecule has 5 heteroatoms. The molecule has 0 spiro atoms. The molecule has 3 aromatic rings. The molecule has 1 amide bonds. The van der Waals surface area contributed by atoms with E-state index in [1.807, 2.05) is 30.3 Å². The second-order valence-corrected chi connectivity index (χ2v) is 5.52. The molecule has 0 aliphatic rings. The summed E-state index contributed by atoms with van der Waals surface area (Å²) < 4.78 is 0. The average molecular weight is 307 g/mol. The van der Waals surface area contributed by atoms with Gasteiger partial charge in [0.1, 0.15) is 11.5 Å². The molecule has 0 unspecified atom stereocenters. The van der Waals surface area contributed by atoms with Crippen molar-refractivity contribution >= 4 is 28.4 Å². The van der Waals surface area contributed by atoms with Crippen LogP contribution < -0.4 is 5.32 Å². The Bertz CT molecular complexity index is 925. The Morgan fingerprint density at radius 2 is 1.83 bits per heavy atom. The first-order chi connectivity index (χ1) is 11.0. The van der Waals surface area contributed by atoms with Crippen LogP contribution in [0.2, 0.25) is 0 Å². The zero-order valence-corrected chi connectivity index (χ0v) is 13.2. The minimum absolute atomic E-state index is 0.0564. The van der Waals surface area contributed by atoms with E-state index < -0.39 is 0 Å². The van der Waals surface area contributed by atoms with Crippen LogP contribution in [0.25, 0.3) is 10.9 Å². The maximum atomic E-state index is 12.5. The van der Waals surface area contributed by atoms with Crippen molar-refractivity contribution in [2.24, 2.45) is 0 Å². The summed E-state index contributed by atoms with van der Waals surface area (Å²) in [7, 11) is 0. The average Bonchev–Trinajstić information content (AvgIpc) is 2.82. The van der Waals surface area contributed by atoms with Crippen molar-refractivity contribution in [2.45, 2.75) is 20.8 Å². The van der Waals surface area contributed by atoms with E-state index in [1.165, 1.54) is 6.92 Å². The number of carbonyl (C=O) groups excluding carboxylic acids is 2. The number of pyridine rings is 1. The summed E-state index contributed by atoms with van der Waals surface area (Å²) in [5, 5.41) is 3.79. The van der Waals surface area contributed by atoms with Crippen LogP contribution >= 0.6 is 0 Å². The topological polar surface area (TPSA) is 74.8 Å². The highest BCUT2D eigenvalue weighted by Gasteiger charge is 2.20. The number of H-pyrrole nitrogens is 1. The SMILES string of the molecule is CC(=O)c1c(C)[nH]c(C(=O)Nc2ccc3ccccc3n2)c1C. The lowest BCUT2D eigenvalue weighted by molar-refractivity contribution is 0.101. The number of rotatable bonds is 3. The quantitative estimate of drug-likeness (QED) is 0.725. The van der Waals surface area contributed by atoms with Crippen molar-refractivity contribution in [3.8, 4) is 0 Å². The summed E-state index contributed by atoms with van der Waals surface area (Å²) in [6.45, 7) is 5.05. The van der Waals surface area contributed by atoms with Gasteiger partial charge in [-0.15, -0.1) is 0 Å². The lowest BCUT2D eigenvalue weighted by Crippen LogP contribution is -2.14. The van der Waals surface area contributed by atoms with Gasteiger partial charge in [0.25, 0.3) is 5.91 Å². The fourth-order valence-electron chi connectivity index (χ4n) is 2.82. The maximum Gasteiger partial charge on any atom is 0.273 e. The van der Waals surface area contributed by atoms with Crippen molar-refractivity contribution in [3.05, 3.63) is 58.9 Å². The van der Waals surface area contributed by atoms with Gasteiger partial charge >= 0.3 is 0 Å². The summed E-state index contributed by atoms with van der Waals surface area (Å²) in [5.74, 6) is 0.115. The maximum absolute atomic E-state index is 12.5. The first-order valence-corrected chi connectivity index (χ1v) is 7.34. The molecule has 0 saturated carbocycles. The third-order valence-corrected chi connectivity index (χ3v) is 3.86. The minimum Gasteiger partial charge on any atom is -0.354 e. The van der Waals surface area contributed by atoms with Gasteiger partial charge in [-0.05, 0) is 44.5 Å². The summed E-state index contributed by atoms with van der Waals surface area (Å²) in [6.07, 6.45) is 0. The molecule has 1 aromatic carbocycles. The Morgan fingerprint density at radius 3 is 2.52 bits per heavy atom. The van der Waals surface area contributed by atoms with Crippen LogP contribution in [0.15, 0.2) is 36.4 Å². The number of ketones is 1. The number of fused-ring (bicyclic) bond motifs is 1. The lowest BCUT2D eigenvalue weighted by atomic mass is 10.1. The van der Waals surface area contributed by atoms with Crippen LogP contribution in [0.4, 0.5) is 5.82 Å². The normalized spacial score (nSPS) is 10.7. The number of anilines is 1. The van der Waals surface area contributed by atoms with Crippen LogP contribution in [0, 0.1) is 13.8 Å². The molecule has 116 valence electrons. The molecular weight excluding hydrogens is 290 g/mol. The number of hydrogen-bond acceptors (Lipinski definition) is 3. The third kappa shape index (κ3) is 2.73. The monoisotopic (exact) mass is 307 g/mol. The first-order valence-electron chi connectivity index (χ1n) is 7.34. The van der Waals surface area contributed by atoms with Crippen LogP contribution in [0.5, 0.6) is 0 Å². The largest absolute Gasteiger partial charge is 0.354 e. The Kier molecular flexibility index (Phi) is 3.70. The van der Waals surface area contributed by atoms with E-state index in [2.05, 4.69) is 15.3 Å². The van der Waals surface area contributed by atoms with E-state index >= 15 is 0 Å².